The fourth-order valence-electron chi connectivity index (χ4n) is 1.80. The van der Waals surface area contributed by atoms with Crippen LogP contribution >= 0.6 is 22.9 Å². The molecule has 0 aliphatic heterocycles. The predicted octanol–water partition coefficient (Wildman–Crippen LogP) is 2.58. The van der Waals surface area contributed by atoms with E-state index in [2.05, 4.69) is 5.32 Å². The number of nitrogens with one attached hydrogen (secondary N) is 1. The Balaban J connectivity index is 2.19. The van der Waals surface area contributed by atoms with Crippen molar-refractivity contribution in [3.63, 3.8) is 0 Å². The van der Waals surface area contributed by atoms with Crippen LogP contribution in [0.4, 0.5) is 0 Å². The molecule has 0 atom stereocenters. The van der Waals surface area contributed by atoms with E-state index in [-0.39, 0.29) is 17.3 Å². The number of nitrogens with zero attached hydrogens (tertiary/aromatic N) is 1. The number of benzene rings is 1. The molecule has 0 spiro atoms. The van der Waals surface area contributed by atoms with Gasteiger partial charge in [0, 0.05) is 20.6 Å². The summed E-state index contributed by atoms with van der Waals surface area (Å²) in [6, 6.07) is 9.87. The smallest absolute Gasteiger partial charge is 0.261 e. The van der Waals surface area contributed by atoms with Crippen molar-refractivity contribution < 1.29 is 13.2 Å². The molecule has 0 saturated heterocycles. The molecule has 1 heterocycles. The maximum absolute atomic E-state index is 12.3. The summed E-state index contributed by atoms with van der Waals surface area (Å²) in [4.78, 5) is 12.7. The summed E-state index contributed by atoms with van der Waals surface area (Å²) in [6.07, 6.45) is 0. The summed E-state index contributed by atoms with van der Waals surface area (Å²) in [5.41, 5.74) is 0.534. The van der Waals surface area contributed by atoms with Crippen LogP contribution < -0.4 is 5.32 Å². The number of hydrogen-bond donors (Lipinski definition) is 1. The van der Waals surface area contributed by atoms with Crippen LogP contribution in [0.1, 0.15) is 15.2 Å². The van der Waals surface area contributed by atoms with E-state index in [1.54, 1.807) is 30.3 Å². The number of thiophene rings is 1. The van der Waals surface area contributed by atoms with Crippen molar-refractivity contribution in [2.24, 2.45) is 0 Å². The summed E-state index contributed by atoms with van der Waals surface area (Å²) in [6.45, 7) is 0.123. The highest BCUT2D eigenvalue weighted by Crippen LogP contribution is 2.22. The topological polar surface area (TPSA) is 66.5 Å². The summed E-state index contributed by atoms with van der Waals surface area (Å²) in [5.74, 6) is -0.283. The van der Waals surface area contributed by atoms with Crippen molar-refractivity contribution in [2.75, 3.05) is 14.1 Å². The van der Waals surface area contributed by atoms with Gasteiger partial charge >= 0.3 is 0 Å². The van der Waals surface area contributed by atoms with Crippen molar-refractivity contribution in [2.45, 2.75) is 11.4 Å². The third kappa shape index (κ3) is 3.67. The molecule has 0 aliphatic carbocycles. The largest absolute Gasteiger partial charge is 0.347 e. The second kappa shape index (κ2) is 6.78. The lowest BCUT2D eigenvalue weighted by Crippen LogP contribution is -2.26. The molecule has 2 rings (SSSR count). The number of carbonyl (C=O) groups excluding carboxylic acids is 1. The van der Waals surface area contributed by atoms with Gasteiger partial charge in [-0.15, -0.1) is 11.3 Å². The summed E-state index contributed by atoms with van der Waals surface area (Å²) < 4.78 is 26.2. The molecule has 22 heavy (non-hydrogen) atoms. The number of hydrogen-bond acceptors (Lipinski definition) is 4. The first-order valence-corrected chi connectivity index (χ1v) is 9.00. The van der Waals surface area contributed by atoms with Gasteiger partial charge in [-0.1, -0.05) is 29.8 Å². The lowest BCUT2D eigenvalue weighted by molar-refractivity contribution is 0.0954. The Hall–Kier alpha value is -1.41. The van der Waals surface area contributed by atoms with Gasteiger partial charge in [0.1, 0.15) is 0 Å². The molecule has 2 aromatic rings. The van der Waals surface area contributed by atoms with Gasteiger partial charge in [-0.25, -0.2) is 12.7 Å². The maximum atomic E-state index is 12.3. The monoisotopic (exact) mass is 358 g/mol. The van der Waals surface area contributed by atoms with Crippen LogP contribution in [0.15, 0.2) is 41.3 Å². The molecule has 1 aromatic carbocycles. The van der Waals surface area contributed by atoms with Crippen LogP contribution in [0.2, 0.25) is 4.34 Å². The quantitative estimate of drug-likeness (QED) is 0.893. The number of rotatable bonds is 5. The Kier molecular flexibility index (Phi) is 5.23. The molecule has 0 unspecified atom stereocenters. The molecule has 8 heteroatoms. The van der Waals surface area contributed by atoms with Crippen LogP contribution in [0, 0.1) is 0 Å². The first-order chi connectivity index (χ1) is 10.3. The molecule has 0 saturated carbocycles. The fourth-order valence-corrected chi connectivity index (χ4v) is 3.87. The molecule has 0 radical (unpaired) electrons. The molecule has 5 nitrogen and oxygen atoms in total. The molecule has 1 aromatic heterocycles. The molecule has 0 aliphatic rings. The van der Waals surface area contributed by atoms with Gasteiger partial charge in [0.25, 0.3) is 5.91 Å². The highest BCUT2D eigenvalue weighted by Gasteiger charge is 2.21. The van der Waals surface area contributed by atoms with Crippen LogP contribution in [-0.4, -0.2) is 32.7 Å². The normalized spacial score (nSPS) is 11.6. The van der Waals surface area contributed by atoms with E-state index >= 15 is 0 Å². The van der Waals surface area contributed by atoms with E-state index in [0.29, 0.717) is 14.8 Å². The third-order valence-corrected chi connectivity index (χ3v) is 6.11. The number of sulfonamides is 1. The molecular formula is C14H15ClN2O3S2. The Bertz CT molecular complexity index is 785. The number of carbonyl (C=O) groups is 1. The zero-order valence-corrected chi connectivity index (χ0v) is 14.4. The first kappa shape index (κ1) is 17.0. The Labute approximate surface area is 138 Å². The number of halogens is 1. The second-order valence-electron chi connectivity index (χ2n) is 4.68. The first-order valence-electron chi connectivity index (χ1n) is 6.36. The van der Waals surface area contributed by atoms with E-state index < -0.39 is 10.0 Å². The van der Waals surface area contributed by atoms with Crippen LogP contribution in [-0.2, 0) is 16.6 Å². The SMILES string of the molecule is CN(C)S(=O)(=O)c1ccccc1CNC(=O)c1ccc(Cl)s1. The highest BCUT2D eigenvalue weighted by atomic mass is 35.5. The van der Waals surface area contributed by atoms with E-state index in [9.17, 15) is 13.2 Å². The minimum Gasteiger partial charge on any atom is -0.347 e. The average Bonchev–Trinajstić information content (AvgIpc) is 2.91. The minimum absolute atomic E-state index is 0.123. The van der Waals surface area contributed by atoms with E-state index in [0.717, 1.165) is 4.31 Å². The summed E-state index contributed by atoms with van der Waals surface area (Å²) in [5, 5.41) is 2.71. The molecular weight excluding hydrogens is 344 g/mol. The zero-order valence-electron chi connectivity index (χ0n) is 12.0. The Morgan fingerprint density at radius 3 is 2.50 bits per heavy atom. The van der Waals surface area contributed by atoms with Crippen LogP contribution in [0.5, 0.6) is 0 Å². The van der Waals surface area contributed by atoms with Gasteiger partial charge in [0.05, 0.1) is 14.1 Å². The lowest BCUT2D eigenvalue weighted by atomic mass is 10.2. The Morgan fingerprint density at radius 1 is 1.23 bits per heavy atom. The van der Waals surface area contributed by atoms with Gasteiger partial charge in [-0.3, -0.25) is 4.79 Å². The van der Waals surface area contributed by atoms with Crippen molar-refractivity contribution in [1.82, 2.24) is 9.62 Å². The van der Waals surface area contributed by atoms with Crippen molar-refractivity contribution in [1.29, 1.82) is 0 Å². The second-order valence-corrected chi connectivity index (χ2v) is 8.52. The third-order valence-electron chi connectivity index (χ3n) is 2.97. The predicted molar refractivity (Wildman–Crippen MR) is 87.8 cm³/mol. The van der Waals surface area contributed by atoms with E-state index in [1.807, 2.05) is 0 Å². The Morgan fingerprint density at radius 2 is 1.91 bits per heavy atom. The highest BCUT2D eigenvalue weighted by molar-refractivity contribution is 7.89. The maximum Gasteiger partial charge on any atom is 0.261 e. The van der Waals surface area contributed by atoms with Gasteiger partial charge < -0.3 is 5.32 Å². The van der Waals surface area contributed by atoms with Gasteiger partial charge in [-0.05, 0) is 23.8 Å². The van der Waals surface area contributed by atoms with Gasteiger partial charge in [-0.2, -0.15) is 0 Å². The van der Waals surface area contributed by atoms with E-state index in [1.165, 1.54) is 31.5 Å². The molecule has 0 bridgehead atoms. The van der Waals surface area contributed by atoms with Gasteiger partial charge in [0.15, 0.2) is 0 Å². The summed E-state index contributed by atoms with van der Waals surface area (Å²) in [7, 11) is -0.611. The van der Waals surface area contributed by atoms with Crippen molar-refractivity contribution >= 4 is 38.9 Å². The average molecular weight is 359 g/mol. The number of amides is 1. The van der Waals surface area contributed by atoms with Crippen LogP contribution in [0.25, 0.3) is 0 Å². The van der Waals surface area contributed by atoms with Crippen LogP contribution in [0.3, 0.4) is 0 Å². The van der Waals surface area contributed by atoms with Crippen molar-refractivity contribution in [3.05, 3.63) is 51.2 Å². The molecule has 1 amide bonds. The fraction of sp³-hybridized carbons (Fsp3) is 0.214. The summed E-state index contributed by atoms with van der Waals surface area (Å²) >= 11 is 6.97. The molecule has 118 valence electrons. The zero-order chi connectivity index (χ0) is 16.3. The minimum atomic E-state index is -3.55. The lowest BCUT2D eigenvalue weighted by Gasteiger charge is -2.15. The molecule has 1 N–H and O–H groups in total. The standard InChI is InChI=1S/C14H15ClN2O3S2/c1-17(2)22(19,20)12-6-4-3-5-10(12)9-16-14(18)11-7-8-13(15)21-11/h3-8H,9H2,1-2H3,(H,16,18). The van der Waals surface area contributed by atoms with Crippen molar-refractivity contribution in [3.8, 4) is 0 Å². The van der Waals surface area contributed by atoms with E-state index in [4.69, 9.17) is 11.6 Å². The van der Waals surface area contributed by atoms with Gasteiger partial charge in [0.2, 0.25) is 10.0 Å². The molecule has 0 fully saturated rings.